The van der Waals surface area contributed by atoms with Gasteiger partial charge >= 0.3 is 6.03 Å². The number of ether oxygens (including phenoxy) is 1. The van der Waals surface area contributed by atoms with E-state index in [1.54, 1.807) is 4.90 Å². The van der Waals surface area contributed by atoms with E-state index in [0.717, 1.165) is 0 Å². The van der Waals surface area contributed by atoms with E-state index in [4.69, 9.17) is 4.74 Å². The molecule has 5 nitrogen and oxygen atoms in total. The number of hydrogen-bond acceptors (Lipinski definition) is 3. The molecule has 1 saturated heterocycles. The Morgan fingerprint density at radius 2 is 1.91 bits per heavy atom. The van der Waals surface area contributed by atoms with Gasteiger partial charge in [0.05, 0.1) is 19.9 Å². The maximum Gasteiger partial charge on any atom is 0.318 e. The number of amides is 2. The van der Waals surface area contributed by atoms with E-state index in [1.807, 2.05) is 6.07 Å². The van der Waals surface area contributed by atoms with Crippen LogP contribution in [0.5, 0.6) is 0 Å². The molecular weight excluding hydrogens is 290 g/mol. The van der Waals surface area contributed by atoms with Crippen molar-refractivity contribution in [3.8, 4) is 0 Å². The van der Waals surface area contributed by atoms with Crippen molar-refractivity contribution in [3.63, 3.8) is 0 Å². The molecule has 2 aromatic rings. The zero-order chi connectivity index (χ0) is 16.1. The normalized spacial score (nSPS) is 16.3. The Hall–Kier alpha value is -2.11. The average molecular weight is 313 g/mol. The van der Waals surface area contributed by atoms with Crippen LogP contribution >= 0.6 is 0 Å². The first-order valence-electron chi connectivity index (χ1n) is 8.07. The maximum absolute atomic E-state index is 12.0. The molecule has 2 amide bonds. The van der Waals surface area contributed by atoms with Crippen LogP contribution < -0.4 is 10.6 Å². The number of rotatable bonds is 4. The molecule has 3 rings (SSSR count). The molecule has 2 aromatic carbocycles. The third-order valence-corrected chi connectivity index (χ3v) is 4.24. The topological polar surface area (TPSA) is 53.6 Å². The second-order valence-corrected chi connectivity index (χ2v) is 5.75. The first-order chi connectivity index (χ1) is 11.3. The fourth-order valence-electron chi connectivity index (χ4n) is 2.90. The molecule has 23 heavy (non-hydrogen) atoms. The summed E-state index contributed by atoms with van der Waals surface area (Å²) in [5.41, 5.74) is 1.24. The smallest absolute Gasteiger partial charge is 0.318 e. The van der Waals surface area contributed by atoms with Gasteiger partial charge in [-0.1, -0.05) is 42.5 Å². The van der Waals surface area contributed by atoms with Crippen molar-refractivity contribution in [1.82, 2.24) is 15.5 Å². The lowest BCUT2D eigenvalue weighted by atomic mass is 10.00. The van der Waals surface area contributed by atoms with Gasteiger partial charge in [-0.2, -0.15) is 0 Å². The quantitative estimate of drug-likeness (QED) is 0.853. The number of carbonyl (C=O) groups excluding carboxylic acids is 1. The molecule has 2 N–H and O–H groups in total. The zero-order valence-corrected chi connectivity index (χ0v) is 13.4. The second kappa shape index (κ2) is 7.44. The van der Waals surface area contributed by atoms with Crippen LogP contribution in [0.3, 0.4) is 0 Å². The number of nitrogens with zero attached hydrogens (tertiary/aromatic N) is 1. The van der Waals surface area contributed by atoms with Crippen LogP contribution in [0.2, 0.25) is 0 Å². The lowest BCUT2D eigenvalue weighted by molar-refractivity contribution is 0.0531. The summed E-state index contributed by atoms with van der Waals surface area (Å²) in [6.07, 6.45) is 0. The second-order valence-electron chi connectivity index (χ2n) is 5.75. The Morgan fingerprint density at radius 1 is 1.17 bits per heavy atom. The summed E-state index contributed by atoms with van der Waals surface area (Å²) in [7, 11) is 0. The predicted octanol–water partition coefficient (Wildman–Crippen LogP) is 2.49. The van der Waals surface area contributed by atoms with Gasteiger partial charge in [-0.05, 0) is 23.3 Å². The van der Waals surface area contributed by atoms with Crippen molar-refractivity contribution in [1.29, 1.82) is 0 Å². The van der Waals surface area contributed by atoms with Crippen LogP contribution in [0.1, 0.15) is 18.5 Å². The first-order valence-corrected chi connectivity index (χ1v) is 8.07. The molecule has 122 valence electrons. The molecule has 0 radical (unpaired) electrons. The lowest BCUT2D eigenvalue weighted by Crippen LogP contribution is -2.48. The van der Waals surface area contributed by atoms with E-state index in [9.17, 15) is 4.79 Å². The molecule has 0 bridgehead atoms. The third kappa shape index (κ3) is 3.81. The van der Waals surface area contributed by atoms with Gasteiger partial charge in [0.25, 0.3) is 0 Å². The molecular formula is C18H23N3O2. The predicted molar refractivity (Wildman–Crippen MR) is 91.3 cm³/mol. The Kier molecular flexibility index (Phi) is 5.10. The molecule has 0 unspecified atom stereocenters. The molecule has 0 aliphatic carbocycles. The SMILES string of the molecule is C[C@@H](NCNC(=O)N1CCOCC1)c1cccc2ccccc12. The summed E-state index contributed by atoms with van der Waals surface area (Å²) in [5.74, 6) is 0. The van der Waals surface area contributed by atoms with Gasteiger partial charge in [0, 0.05) is 19.1 Å². The highest BCUT2D eigenvalue weighted by Gasteiger charge is 2.16. The fraction of sp³-hybridized carbons (Fsp3) is 0.389. The highest BCUT2D eigenvalue weighted by Crippen LogP contribution is 2.23. The van der Waals surface area contributed by atoms with Crippen LogP contribution in [0.25, 0.3) is 10.8 Å². The number of benzene rings is 2. The van der Waals surface area contributed by atoms with Gasteiger partial charge in [-0.3, -0.25) is 5.32 Å². The van der Waals surface area contributed by atoms with Gasteiger partial charge in [0.15, 0.2) is 0 Å². The van der Waals surface area contributed by atoms with Crippen LogP contribution in [0.4, 0.5) is 4.79 Å². The van der Waals surface area contributed by atoms with Gasteiger partial charge in [0.2, 0.25) is 0 Å². The van der Waals surface area contributed by atoms with Crippen molar-refractivity contribution in [2.75, 3.05) is 33.0 Å². The minimum atomic E-state index is -0.0362. The maximum atomic E-state index is 12.0. The van der Waals surface area contributed by atoms with Crippen LogP contribution in [0, 0.1) is 0 Å². The molecule has 1 heterocycles. The fourth-order valence-corrected chi connectivity index (χ4v) is 2.90. The van der Waals surface area contributed by atoms with Gasteiger partial charge < -0.3 is 15.0 Å². The Morgan fingerprint density at radius 3 is 2.74 bits per heavy atom. The summed E-state index contributed by atoms with van der Waals surface area (Å²) in [5, 5.41) is 8.77. The molecule has 1 aliphatic rings. The van der Waals surface area contributed by atoms with E-state index < -0.39 is 0 Å². The van der Waals surface area contributed by atoms with Gasteiger partial charge in [-0.15, -0.1) is 0 Å². The molecule has 0 aromatic heterocycles. The summed E-state index contributed by atoms with van der Waals surface area (Å²) < 4.78 is 5.25. The zero-order valence-electron chi connectivity index (χ0n) is 13.4. The van der Waals surface area contributed by atoms with E-state index in [1.165, 1.54) is 16.3 Å². The Labute approximate surface area is 136 Å². The number of carbonyl (C=O) groups is 1. The van der Waals surface area contributed by atoms with E-state index in [-0.39, 0.29) is 12.1 Å². The third-order valence-electron chi connectivity index (χ3n) is 4.24. The minimum Gasteiger partial charge on any atom is -0.378 e. The monoisotopic (exact) mass is 313 g/mol. The van der Waals surface area contributed by atoms with Crippen molar-refractivity contribution >= 4 is 16.8 Å². The molecule has 1 atom stereocenters. The summed E-state index contributed by atoms with van der Waals surface area (Å²) >= 11 is 0. The Balaban J connectivity index is 1.56. The standard InChI is InChI=1S/C18H23N3O2/c1-14(16-8-4-6-15-5-2-3-7-17(15)16)19-13-20-18(22)21-9-11-23-12-10-21/h2-8,14,19H,9-13H2,1H3,(H,20,22)/t14-/m1/s1. The number of fused-ring (bicyclic) bond motifs is 1. The highest BCUT2D eigenvalue weighted by atomic mass is 16.5. The summed E-state index contributed by atoms with van der Waals surface area (Å²) in [6, 6.07) is 14.8. The van der Waals surface area contributed by atoms with Crippen LogP contribution in [-0.2, 0) is 4.74 Å². The van der Waals surface area contributed by atoms with E-state index >= 15 is 0 Å². The van der Waals surface area contributed by atoms with Crippen molar-refractivity contribution in [2.24, 2.45) is 0 Å². The minimum absolute atomic E-state index is 0.0362. The van der Waals surface area contributed by atoms with Gasteiger partial charge in [-0.25, -0.2) is 4.79 Å². The lowest BCUT2D eigenvalue weighted by Gasteiger charge is -2.27. The van der Waals surface area contributed by atoms with Crippen LogP contribution in [-0.4, -0.2) is 43.9 Å². The largest absolute Gasteiger partial charge is 0.378 e. The molecule has 1 fully saturated rings. The molecule has 5 heteroatoms. The number of urea groups is 1. The average Bonchev–Trinajstić information content (AvgIpc) is 2.61. The molecule has 0 spiro atoms. The first kappa shape index (κ1) is 15.8. The molecule has 0 saturated carbocycles. The molecule has 1 aliphatic heterocycles. The van der Waals surface area contributed by atoms with E-state index in [2.05, 4.69) is 54.0 Å². The number of nitrogens with one attached hydrogen (secondary N) is 2. The summed E-state index contributed by atoms with van der Waals surface area (Å²) in [4.78, 5) is 13.8. The van der Waals surface area contributed by atoms with Crippen LogP contribution in [0.15, 0.2) is 42.5 Å². The van der Waals surface area contributed by atoms with E-state index in [0.29, 0.717) is 33.0 Å². The number of morpholine rings is 1. The van der Waals surface area contributed by atoms with Crippen molar-refractivity contribution in [3.05, 3.63) is 48.0 Å². The van der Waals surface area contributed by atoms with Crippen molar-refractivity contribution < 1.29 is 9.53 Å². The summed E-state index contributed by atoms with van der Waals surface area (Å²) in [6.45, 7) is 5.11. The van der Waals surface area contributed by atoms with Gasteiger partial charge in [0.1, 0.15) is 0 Å². The Bertz CT molecular complexity index is 663. The number of hydrogen-bond donors (Lipinski definition) is 2. The highest BCUT2D eigenvalue weighted by molar-refractivity contribution is 5.86. The van der Waals surface area contributed by atoms with Crippen molar-refractivity contribution in [2.45, 2.75) is 13.0 Å².